The first-order valence-electron chi connectivity index (χ1n) is 2.66. The average Bonchev–Trinajstić information content (AvgIpc) is 1.82. The maximum absolute atomic E-state index is 9.80. The summed E-state index contributed by atoms with van der Waals surface area (Å²) in [6, 6.07) is -1.46. The maximum Gasteiger partial charge on any atom is 3.00 e. The second kappa shape index (κ2) is 6.14. The Labute approximate surface area is 73.8 Å². The minimum Gasteiger partial charge on any atom is -0.670 e. The Morgan fingerprint density at radius 3 is 2.09 bits per heavy atom. The first kappa shape index (κ1) is 13.0. The van der Waals surface area contributed by atoms with Gasteiger partial charge in [-0.3, -0.25) is 0 Å². The van der Waals surface area contributed by atoms with Crippen molar-refractivity contribution in [2.45, 2.75) is 18.9 Å². The number of aliphatic carboxylic acids is 2. The minimum atomic E-state index is -1.55. The van der Waals surface area contributed by atoms with Crippen molar-refractivity contribution in [3.8, 4) is 0 Å². The Hall–Kier alpha value is -0.594. The van der Waals surface area contributed by atoms with Crippen LogP contribution >= 0.6 is 0 Å². The van der Waals surface area contributed by atoms with Crippen molar-refractivity contribution in [2.75, 3.05) is 0 Å². The molecule has 5 nitrogen and oxygen atoms in total. The van der Waals surface area contributed by atoms with Crippen LogP contribution in [0.3, 0.4) is 0 Å². The van der Waals surface area contributed by atoms with Crippen molar-refractivity contribution < 1.29 is 36.6 Å². The van der Waals surface area contributed by atoms with Crippen molar-refractivity contribution in [3.05, 3.63) is 5.73 Å². The molecule has 0 aliphatic rings. The summed E-state index contributed by atoms with van der Waals surface area (Å²) in [4.78, 5) is 19.5. The van der Waals surface area contributed by atoms with E-state index in [2.05, 4.69) is 0 Å². The molecule has 0 fully saturated rings. The Bertz CT molecular complexity index is 149. The van der Waals surface area contributed by atoms with Crippen LogP contribution in [0, 0.1) is 0 Å². The van der Waals surface area contributed by atoms with Crippen LogP contribution in [0.1, 0.15) is 12.8 Å². The van der Waals surface area contributed by atoms with Crippen LogP contribution in [0.4, 0.5) is 0 Å². The van der Waals surface area contributed by atoms with Crippen LogP contribution in [-0.4, -0.2) is 18.0 Å². The molecule has 0 radical (unpaired) electrons. The molecule has 0 saturated heterocycles. The summed E-state index contributed by atoms with van der Waals surface area (Å²) in [5, 5.41) is 19.5. The third-order valence-electron chi connectivity index (χ3n) is 0.922. The zero-order valence-corrected chi connectivity index (χ0v) is 6.50. The fourth-order valence-electron chi connectivity index (χ4n) is 0.380. The Morgan fingerprint density at radius 2 is 1.82 bits per heavy atom. The van der Waals surface area contributed by atoms with Gasteiger partial charge in [-0.25, -0.2) is 0 Å². The molecule has 0 aromatic carbocycles. The molecular weight excluding hydrogens is 197 g/mol. The molecule has 6 heteroatoms. The molecule has 64 valence electrons. The number of nitrogens with one attached hydrogen (secondary N) is 1. The molecule has 0 heterocycles. The van der Waals surface area contributed by atoms with Gasteiger partial charge in [-0.1, -0.05) is 12.5 Å². The van der Waals surface area contributed by atoms with Crippen molar-refractivity contribution in [3.63, 3.8) is 0 Å². The minimum absolute atomic E-state index is 0. The van der Waals surface area contributed by atoms with Gasteiger partial charge in [0.2, 0.25) is 0 Å². The number of rotatable bonds is 4. The molecule has 0 saturated carbocycles. The summed E-state index contributed by atoms with van der Waals surface area (Å²) in [5.41, 5.74) is 6.67. The van der Waals surface area contributed by atoms with Gasteiger partial charge in [-0.15, -0.1) is 0 Å². The molecule has 0 aliphatic carbocycles. The maximum atomic E-state index is 9.80. The van der Waals surface area contributed by atoms with Crippen LogP contribution in [-0.2, 0) is 26.4 Å². The quantitative estimate of drug-likeness (QED) is 0.511. The van der Waals surface area contributed by atoms with Gasteiger partial charge in [-0.2, -0.15) is 0 Å². The van der Waals surface area contributed by atoms with E-state index in [0.717, 1.165) is 0 Å². The van der Waals surface area contributed by atoms with Crippen LogP contribution in [0.5, 0.6) is 0 Å². The molecule has 0 unspecified atom stereocenters. The Balaban J connectivity index is 0. The number of carbonyl (C=O) groups excluding carboxylic acids is 2. The summed E-state index contributed by atoms with van der Waals surface area (Å²) in [7, 11) is 0. The molecular formula is C5H6CoNO4. The smallest absolute Gasteiger partial charge is 0.670 e. The topological polar surface area (TPSA) is 104 Å². The fraction of sp³-hybridized carbons (Fsp3) is 0.600. The number of hydrogen-bond acceptors (Lipinski definition) is 4. The van der Waals surface area contributed by atoms with Crippen molar-refractivity contribution in [2.24, 2.45) is 0 Å². The van der Waals surface area contributed by atoms with Gasteiger partial charge in [0, 0.05) is 11.9 Å². The van der Waals surface area contributed by atoms with E-state index in [1.165, 1.54) is 0 Å². The van der Waals surface area contributed by atoms with Gasteiger partial charge >= 0.3 is 16.8 Å². The van der Waals surface area contributed by atoms with Crippen molar-refractivity contribution in [1.29, 1.82) is 0 Å². The third-order valence-corrected chi connectivity index (χ3v) is 0.922. The summed E-state index contributed by atoms with van der Waals surface area (Å²) in [6.45, 7) is 0. The molecule has 1 N–H and O–H groups in total. The van der Waals surface area contributed by atoms with E-state index < -0.39 is 24.4 Å². The molecule has 0 amide bonds. The van der Waals surface area contributed by atoms with E-state index in [0.29, 0.717) is 0 Å². The summed E-state index contributed by atoms with van der Waals surface area (Å²) in [6.07, 6.45) is -0.674. The molecule has 0 aromatic rings. The van der Waals surface area contributed by atoms with Crippen molar-refractivity contribution in [1.82, 2.24) is 0 Å². The summed E-state index contributed by atoms with van der Waals surface area (Å²) in [5.74, 6) is -2.90. The second-order valence-corrected chi connectivity index (χ2v) is 1.78. The predicted molar refractivity (Wildman–Crippen MR) is 27.4 cm³/mol. The number of carboxylic acids is 2. The number of carboxylic acid groups (broad SMARTS) is 2. The van der Waals surface area contributed by atoms with Crippen molar-refractivity contribution >= 4 is 11.9 Å². The SMILES string of the molecule is [Co+3].[NH-][C@@H](CCC(=O)[O-])C(=O)[O-]. The Kier molecular flexibility index (Phi) is 7.27. The zero-order valence-electron chi connectivity index (χ0n) is 5.46. The van der Waals surface area contributed by atoms with E-state index in [1.54, 1.807) is 0 Å². The summed E-state index contributed by atoms with van der Waals surface area (Å²) >= 11 is 0. The van der Waals surface area contributed by atoms with E-state index in [9.17, 15) is 19.8 Å². The predicted octanol–water partition coefficient (Wildman–Crippen LogP) is -2.32. The number of hydrogen-bond donors (Lipinski definition) is 0. The molecule has 11 heavy (non-hydrogen) atoms. The molecule has 0 rings (SSSR count). The van der Waals surface area contributed by atoms with Gasteiger partial charge in [0.1, 0.15) is 0 Å². The van der Waals surface area contributed by atoms with E-state index >= 15 is 0 Å². The second-order valence-electron chi connectivity index (χ2n) is 1.78. The molecule has 0 spiro atoms. The molecule has 1 atom stereocenters. The van der Waals surface area contributed by atoms with E-state index in [4.69, 9.17) is 5.73 Å². The molecule has 0 aliphatic heterocycles. The monoisotopic (exact) mass is 203 g/mol. The molecule has 0 bridgehead atoms. The van der Waals surface area contributed by atoms with E-state index in [-0.39, 0.29) is 23.2 Å². The largest absolute Gasteiger partial charge is 3.00 e. The normalized spacial score (nSPS) is 11.4. The summed E-state index contributed by atoms with van der Waals surface area (Å²) < 4.78 is 0. The van der Waals surface area contributed by atoms with Gasteiger partial charge in [0.05, 0.1) is 0 Å². The first-order chi connectivity index (χ1) is 4.54. The van der Waals surface area contributed by atoms with Gasteiger partial charge in [0.15, 0.2) is 0 Å². The van der Waals surface area contributed by atoms with Gasteiger partial charge < -0.3 is 25.5 Å². The van der Waals surface area contributed by atoms with Crippen LogP contribution in [0.15, 0.2) is 0 Å². The number of carbonyl (C=O) groups is 2. The van der Waals surface area contributed by atoms with Crippen LogP contribution < -0.4 is 10.2 Å². The van der Waals surface area contributed by atoms with Gasteiger partial charge in [0.25, 0.3) is 0 Å². The zero-order chi connectivity index (χ0) is 8.15. The van der Waals surface area contributed by atoms with Crippen LogP contribution in [0.25, 0.3) is 5.73 Å². The molecule has 0 aromatic heterocycles. The van der Waals surface area contributed by atoms with E-state index in [1.807, 2.05) is 0 Å². The first-order valence-corrected chi connectivity index (χ1v) is 2.66. The average molecular weight is 203 g/mol. The van der Waals surface area contributed by atoms with Crippen LogP contribution in [0.2, 0.25) is 0 Å². The van der Waals surface area contributed by atoms with Gasteiger partial charge in [-0.05, 0) is 6.42 Å². The standard InChI is InChI=1S/C5H8NO4.Co/c6-3(5(9)10)1-2-4(7)8;/h3,6H,1-2H2,(H,7,8)(H,9,10);/q-1;+3/p-2/t3-;/m0./s1. The fourth-order valence-corrected chi connectivity index (χ4v) is 0.380. The Morgan fingerprint density at radius 1 is 1.36 bits per heavy atom. The third kappa shape index (κ3) is 7.30.